The molecule has 0 aromatic heterocycles. The van der Waals surface area contributed by atoms with E-state index in [2.05, 4.69) is 27.8 Å². The van der Waals surface area contributed by atoms with Gasteiger partial charge in [0.05, 0.1) is 0 Å². The molecule has 6 heteroatoms. The predicted molar refractivity (Wildman–Crippen MR) is 117 cm³/mol. The fourth-order valence-electron chi connectivity index (χ4n) is 4.20. The van der Waals surface area contributed by atoms with Crippen LogP contribution in [0.1, 0.15) is 29.9 Å². The highest BCUT2D eigenvalue weighted by Crippen LogP contribution is 2.41. The van der Waals surface area contributed by atoms with Gasteiger partial charge in [-0.1, -0.05) is 48.5 Å². The molecule has 158 valence electrons. The van der Waals surface area contributed by atoms with Gasteiger partial charge in [0.1, 0.15) is 5.82 Å². The van der Waals surface area contributed by atoms with Gasteiger partial charge in [0, 0.05) is 51.0 Å². The molecule has 2 aromatic rings. The second-order valence-corrected chi connectivity index (χ2v) is 8.21. The zero-order valence-corrected chi connectivity index (χ0v) is 17.4. The van der Waals surface area contributed by atoms with Crippen LogP contribution in [0.5, 0.6) is 0 Å². The number of carbonyl (C=O) groups is 1. The van der Waals surface area contributed by atoms with E-state index >= 15 is 0 Å². The highest BCUT2D eigenvalue weighted by molar-refractivity contribution is 5.81. The lowest BCUT2D eigenvalue weighted by Crippen LogP contribution is -2.41. The van der Waals surface area contributed by atoms with Crippen molar-refractivity contribution in [1.82, 2.24) is 15.5 Å². The van der Waals surface area contributed by atoms with Gasteiger partial charge in [0.15, 0.2) is 5.96 Å². The minimum atomic E-state index is -0.144. The van der Waals surface area contributed by atoms with Crippen LogP contribution < -0.4 is 10.6 Å². The van der Waals surface area contributed by atoms with Crippen LogP contribution in [0.2, 0.25) is 0 Å². The number of carbonyl (C=O) groups excluding carboxylic acids is 1. The first-order chi connectivity index (χ1) is 14.6. The SMILES string of the molecule is CN=C(NCC1CC(=O)N(CCc2ccccc2)C1)NC1CC1c1ccccc1F. The molecule has 3 unspecified atom stereocenters. The number of likely N-dealkylation sites (tertiary alicyclic amines) is 1. The zero-order chi connectivity index (χ0) is 20.9. The first kappa shape index (κ1) is 20.4. The smallest absolute Gasteiger partial charge is 0.223 e. The molecule has 2 aliphatic rings. The lowest BCUT2D eigenvalue weighted by Gasteiger charge is -2.18. The fraction of sp³-hybridized carbons (Fsp3) is 0.417. The lowest BCUT2D eigenvalue weighted by atomic mass is 10.1. The average Bonchev–Trinajstić information content (AvgIpc) is 3.43. The van der Waals surface area contributed by atoms with Crippen LogP contribution in [0.4, 0.5) is 4.39 Å². The molecule has 1 saturated carbocycles. The molecule has 30 heavy (non-hydrogen) atoms. The first-order valence-corrected chi connectivity index (χ1v) is 10.7. The number of aliphatic imine (C=N–C) groups is 1. The molecule has 1 saturated heterocycles. The predicted octanol–water partition coefficient (Wildman–Crippen LogP) is 2.94. The van der Waals surface area contributed by atoms with Crippen LogP contribution in [0.25, 0.3) is 0 Å². The number of rotatable bonds is 7. The standard InChI is InChI=1S/C24H29FN4O/c1-26-24(28-22-14-20(22)19-9-5-6-10-21(19)25)27-15-18-13-23(30)29(16-18)12-11-17-7-3-2-4-8-17/h2-10,18,20,22H,11-16H2,1H3,(H2,26,27,28). The molecule has 1 aliphatic heterocycles. The van der Waals surface area contributed by atoms with Gasteiger partial charge in [-0.05, 0) is 30.0 Å². The summed E-state index contributed by atoms with van der Waals surface area (Å²) >= 11 is 0. The Balaban J connectivity index is 1.21. The van der Waals surface area contributed by atoms with Gasteiger partial charge >= 0.3 is 0 Å². The number of nitrogens with zero attached hydrogens (tertiary/aromatic N) is 2. The molecule has 1 amide bonds. The number of amides is 1. The van der Waals surface area contributed by atoms with Crippen molar-refractivity contribution >= 4 is 11.9 Å². The summed E-state index contributed by atoms with van der Waals surface area (Å²) in [4.78, 5) is 18.6. The Morgan fingerprint density at radius 2 is 1.93 bits per heavy atom. The Morgan fingerprint density at radius 3 is 2.70 bits per heavy atom. The molecule has 3 atom stereocenters. The molecule has 0 spiro atoms. The molecule has 1 aliphatic carbocycles. The Labute approximate surface area is 177 Å². The van der Waals surface area contributed by atoms with Crippen molar-refractivity contribution in [3.8, 4) is 0 Å². The van der Waals surface area contributed by atoms with Crippen molar-refractivity contribution in [3.63, 3.8) is 0 Å². The number of hydrogen-bond acceptors (Lipinski definition) is 2. The monoisotopic (exact) mass is 408 g/mol. The molecule has 5 nitrogen and oxygen atoms in total. The lowest BCUT2D eigenvalue weighted by molar-refractivity contribution is -0.127. The van der Waals surface area contributed by atoms with Crippen LogP contribution in [0.3, 0.4) is 0 Å². The highest BCUT2D eigenvalue weighted by atomic mass is 19.1. The van der Waals surface area contributed by atoms with Gasteiger partial charge in [0.2, 0.25) is 5.91 Å². The minimum absolute atomic E-state index is 0.144. The summed E-state index contributed by atoms with van der Waals surface area (Å²) in [5.41, 5.74) is 2.02. The Kier molecular flexibility index (Phi) is 6.31. The molecule has 2 N–H and O–H groups in total. The van der Waals surface area contributed by atoms with E-state index in [9.17, 15) is 9.18 Å². The Hall–Kier alpha value is -2.89. The molecular weight excluding hydrogens is 379 g/mol. The van der Waals surface area contributed by atoms with Gasteiger partial charge in [-0.25, -0.2) is 4.39 Å². The summed E-state index contributed by atoms with van der Waals surface area (Å²) in [6, 6.07) is 17.4. The van der Waals surface area contributed by atoms with E-state index in [1.54, 1.807) is 13.1 Å². The van der Waals surface area contributed by atoms with E-state index in [1.807, 2.05) is 35.2 Å². The van der Waals surface area contributed by atoms with Crippen LogP contribution >= 0.6 is 0 Å². The number of guanidine groups is 1. The topological polar surface area (TPSA) is 56.7 Å². The maximum absolute atomic E-state index is 14.0. The summed E-state index contributed by atoms with van der Waals surface area (Å²) in [6.45, 7) is 2.24. The second-order valence-electron chi connectivity index (χ2n) is 8.21. The number of hydrogen-bond donors (Lipinski definition) is 2. The van der Waals surface area contributed by atoms with E-state index in [0.29, 0.717) is 18.9 Å². The molecule has 0 radical (unpaired) electrons. The highest BCUT2D eigenvalue weighted by Gasteiger charge is 2.40. The maximum Gasteiger partial charge on any atom is 0.223 e. The average molecular weight is 409 g/mol. The third kappa shape index (κ3) is 4.99. The van der Waals surface area contributed by atoms with Crippen LogP contribution in [0.15, 0.2) is 59.6 Å². The normalized spacial score (nSPS) is 23.5. The minimum Gasteiger partial charge on any atom is -0.356 e. The van der Waals surface area contributed by atoms with Crippen molar-refractivity contribution in [3.05, 3.63) is 71.5 Å². The Morgan fingerprint density at radius 1 is 1.17 bits per heavy atom. The molecule has 2 aromatic carbocycles. The van der Waals surface area contributed by atoms with Gasteiger partial charge in [-0.3, -0.25) is 9.79 Å². The van der Waals surface area contributed by atoms with Crippen molar-refractivity contribution in [2.24, 2.45) is 10.9 Å². The second kappa shape index (κ2) is 9.28. The van der Waals surface area contributed by atoms with E-state index in [4.69, 9.17) is 0 Å². The van der Waals surface area contributed by atoms with E-state index < -0.39 is 0 Å². The van der Waals surface area contributed by atoms with Crippen LogP contribution in [-0.2, 0) is 11.2 Å². The van der Waals surface area contributed by atoms with Gasteiger partial charge < -0.3 is 15.5 Å². The van der Waals surface area contributed by atoms with Crippen molar-refractivity contribution < 1.29 is 9.18 Å². The van der Waals surface area contributed by atoms with E-state index in [0.717, 1.165) is 31.5 Å². The van der Waals surface area contributed by atoms with Crippen molar-refractivity contribution in [1.29, 1.82) is 0 Å². The van der Waals surface area contributed by atoms with Crippen LogP contribution in [-0.4, -0.2) is 49.5 Å². The molecular formula is C24H29FN4O. The summed E-state index contributed by atoms with van der Waals surface area (Å²) < 4.78 is 14.0. The fourth-order valence-corrected chi connectivity index (χ4v) is 4.20. The summed E-state index contributed by atoms with van der Waals surface area (Å²) in [5, 5.41) is 6.73. The number of nitrogens with one attached hydrogen (secondary N) is 2. The third-order valence-corrected chi connectivity index (χ3v) is 6.01. The third-order valence-electron chi connectivity index (χ3n) is 6.01. The maximum atomic E-state index is 14.0. The number of benzene rings is 2. The molecule has 4 rings (SSSR count). The van der Waals surface area contributed by atoms with E-state index in [-0.39, 0.29) is 29.6 Å². The van der Waals surface area contributed by atoms with Gasteiger partial charge in [-0.15, -0.1) is 0 Å². The van der Waals surface area contributed by atoms with Crippen molar-refractivity contribution in [2.45, 2.75) is 31.2 Å². The quantitative estimate of drug-likeness (QED) is 0.547. The summed E-state index contributed by atoms with van der Waals surface area (Å²) in [6.07, 6.45) is 2.35. The zero-order valence-electron chi connectivity index (χ0n) is 17.4. The van der Waals surface area contributed by atoms with Crippen LogP contribution in [0, 0.1) is 11.7 Å². The molecule has 1 heterocycles. The van der Waals surface area contributed by atoms with Crippen molar-refractivity contribution in [2.75, 3.05) is 26.7 Å². The summed E-state index contributed by atoms with van der Waals surface area (Å²) in [7, 11) is 1.74. The number of halogens is 1. The van der Waals surface area contributed by atoms with E-state index in [1.165, 1.54) is 11.6 Å². The largest absolute Gasteiger partial charge is 0.356 e. The summed E-state index contributed by atoms with van der Waals surface area (Å²) in [5.74, 6) is 1.26. The van der Waals surface area contributed by atoms with Gasteiger partial charge in [0.25, 0.3) is 0 Å². The molecule has 2 fully saturated rings. The van der Waals surface area contributed by atoms with Gasteiger partial charge in [-0.2, -0.15) is 0 Å². The molecule has 0 bridgehead atoms. The Bertz CT molecular complexity index is 901. The first-order valence-electron chi connectivity index (χ1n) is 10.7.